The van der Waals surface area contributed by atoms with Crippen molar-refractivity contribution in [1.82, 2.24) is 24.5 Å². The van der Waals surface area contributed by atoms with Gasteiger partial charge in [0.05, 0.1) is 29.4 Å². The molecule has 8 heteroatoms. The van der Waals surface area contributed by atoms with Gasteiger partial charge in [-0.3, -0.25) is 14.0 Å². The van der Waals surface area contributed by atoms with Gasteiger partial charge in [0, 0.05) is 16.8 Å². The molecule has 0 saturated carbocycles. The van der Waals surface area contributed by atoms with Crippen molar-refractivity contribution in [3.63, 3.8) is 0 Å². The summed E-state index contributed by atoms with van der Waals surface area (Å²) in [5.74, 6) is -0.158. The number of aromatic nitrogens is 4. The molecule has 3 aromatic carbocycles. The molecule has 1 atom stereocenters. The normalized spacial score (nSPS) is 12.0. The number of thiazole rings is 1. The van der Waals surface area contributed by atoms with Crippen molar-refractivity contribution in [2.75, 3.05) is 0 Å². The van der Waals surface area contributed by atoms with Gasteiger partial charge in [0.1, 0.15) is 5.69 Å². The molecule has 0 radical (unpaired) electrons. The van der Waals surface area contributed by atoms with Crippen LogP contribution in [0, 0.1) is 13.8 Å². The molecule has 6 rings (SSSR count). The number of benzene rings is 3. The Hall–Kier alpha value is -4.82. The van der Waals surface area contributed by atoms with Crippen LogP contribution in [0.1, 0.15) is 46.7 Å². The number of aryl methyl sites for hydroxylation is 3. The lowest BCUT2D eigenvalue weighted by atomic mass is 9.98. The second-order valence-corrected chi connectivity index (χ2v) is 11.5. The first-order chi connectivity index (χ1) is 20.9. The molecule has 43 heavy (non-hydrogen) atoms. The van der Waals surface area contributed by atoms with E-state index in [2.05, 4.69) is 30.4 Å². The van der Waals surface area contributed by atoms with Crippen LogP contribution in [0.4, 0.5) is 0 Å². The molecule has 1 N–H and O–H groups in total. The van der Waals surface area contributed by atoms with E-state index in [1.54, 1.807) is 4.40 Å². The van der Waals surface area contributed by atoms with E-state index in [1.165, 1.54) is 16.9 Å². The average Bonchev–Trinajstić information content (AvgIpc) is 3.60. The van der Waals surface area contributed by atoms with Crippen LogP contribution in [0.3, 0.4) is 0 Å². The van der Waals surface area contributed by atoms with Gasteiger partial charge in [-0.15, -0.1) is 11.3 Å². The van der Waals surface area contributed by atoms with Crippen LogP contribution in [-0.2, 0) is 24.1 Å². The highest BCUT2D eigenvalue weighted by Crippen LogP contribution is 2.25. The van der Waals surface area contributed by atoms with Crippen molar-refractivity contribution in [3.8, 4) is 16.9 Å². The Morgan fingerprint density at radius 3 is 2.40 bits per heavy atom. The number of carbonyl (C=O) groups is 1. The Morgan fingerprint density at radius 2 is 1.65 bits per heavy atom. The zero-order valence-corrected chi connectivity index (χ0v) is 25.3. The number of para-hydroxylation sites is 1. The number of carbonyl (C=O) groups excluding carboxylic acids is 1. The van der Waals surface area contributed by atoms with Crippen molar-refractivity contribution in [3.05, 3.63) is 141 Å². The van der Waals surface area contributed by atoms with Crippen molar-refractivity contribution >= 4 is 22.2 Å². The fraction of sp³-hybridized carbons (Fsp3) is 0.200. The van der Waals surface area contributed by atoms with Gasteiger partial charge >= 0.3 is 0 Å². The van der Waals surface area contributed by atoms with Crippen molar-refractivity contribution in [2.45, 2.75) is 46.1 Å². The van der Waals surface area contributed by atoms with Crippen LogP contribution in [0.25, 0.3) is 21.9 Å². The lowest BCUT2D eigenvalue weighted by molar-refractivity contribution is -0.121. The molecule has 6 aromatic rings. The minimum absolute atomic E-state index is 0.0551. The molecule has 0 fully saturated rings. The topological polar surface area (TPSA) is 81.3 Å². The lowest BCUT2D eigenvalue weighted by Crippen LogP contribution is -2.32. The van der Waals surface area contributed by atoms with Gasteiger partial charge in [0.25, 0.3) is 5.56 Å². The summed E-state index contributed by atoms with van der Waals surface area (Å²) in [6.45, 7) is 5.94. The van der Waals surface area contributed by atoms with Crippen molar-refractivity contribution in [2.24, 2.45) is 0 Å². The molecule has 0 saturated heterocycles. The van der Waals surface area contributed by atoms with Gasteiger partial charge in [-0.2, -0.15) is 5.10 Å². The van der Waals surface area contributed by atoms with Crippen LogP contribution in [0.15, 0.2) is 101 Å². The number of nitrogens with one attached hydrogen (secondary N) is 1. The number of nitrogens with zero attached hydrogens (tertiary/aromatic N) is 4. The molecule has 216 valence electrons. The van der Waals surface area contributed by atoms with Gasteiger partial charge in [0.15, 0.2) is 4.96 Å². The fourth-order valence-corrected chi connectivity index (χ4v) is 6.50. The number of hydrogen-bond donors (Lipinski definition) is 1. The van der Waals surface area contributed by atoms with Crippen LogP contribution >= 0.6 is 11.3 Å². The molecular weight excluding hydrogens is 554 g/mol. The Bertz CT molecular complexity index is 1960. The average molecular weight is 588 g/mol. The van der Waals surface area contributed by atoms with Crippen LogP contribution in [-0.4, -0.2) is 25.1 Å². The molecule has 3 aromatic heterocycles. The van der Waals surface area contributed by atoms with Crippen LogP contribution in [0.5, 0.6) is 0 Å². The molecule has 0 unspecified atom stereocenters. The Kier molecular flexibility index (Phi) is 8.03. The van der Waals surface area contributed by atoms with E-state index in [0.717, 1.165) is 28.9 Å². The minimum atomic E-state index is -0.219. The first-order valence-electron chi connectivity index (χ1n) is 14.5. The van der Waals surface area contributed by atoms with E-state index in [1.807, 2.05) is 96.7 Å². The van der Waals surface area contributed by atoms with Crippen LogP contribution < -0.4 is 10.9 Å². The van der Waals surface area contributed by atoms with E-state index in [9.17, 15) is 9.59 Å². The third-order valence-electron chi connectivity index (χ3n) is 7.73. The number of rotatable bonds is 9. The van der Waals surface area contributed by atoms with Crippen molar-refractivity contribution < 1.29 is 4.79 Å². The summed E-state index contributed by atoms with van der Waals surface area (Å²) in [4.78, 5) is 32.8. The number of amides is 1. The molecule has 0 aliphatic heterocycles. The third-order valence-corrected chi connectivity index (χ3v) is 8.60. The highest BCUT2D eigenvalue weighted by molar-refractivity contribution is 7.15. The Morgan fingerprint density at radius 1 is 0.953 bits per heavy atom. The van der Waals surface area contributed by atoms with E-state index in [4.69, 9.17) is 10.1 Å². The SMILES string of the molecule is CCc1ccccc1-n1nc(-c2c(C)nc3scc(CC(=O)N[C@H](Cc4ccccc4)c4ccccc4)n3c2=O)cc1C. The van der Waals surface area contributed by atoms with Gasteiger partial charge in [-0.25, -0.2) is 9.67 Å². The van der Waals surface area contributed by atoms with Gasteiger partial charge in [-0.05, 0) is 55.5 Å². The molecule has 7 nitrogen and oxygen atoms in total. The summed E-state index contributed by atoms with van der Waals surface area (Å²) in [5, 5.41) is 9.93. The van der Waals surface area contributed by atoms with Gasteiger partial charge in [0.2, 0.25) is 5.91 Å². The van der Waals surface area contributed by atoms with Crippen molar-refractivity contribution in [1.29, 1.82) is 0 Å². The molecule has 3 heterocycles. The standard InChI is InChI=1S/C35H33N5O2S/c1-4-26-15-11-12-18-31(26)40-23(2)19-30(38-40)33-24(3)36-35-39(34(33)42)28(22-43-35)21-32(41)37-29(27-16-9-6-10-17-27)20-25-13-7-5-8-14-25/h5-19,22,29H,4,20-21H2,1-3H3,(H,37,41)/t29-/m1/s1. The number of hydrogen-bond acceptors (Lipinski definition) is 5. The Labute approximate surface area is 254 Å². The molecular formula is C35H33N5O2S. The first-order valence-corrected chi connectivity index (χ1v) is 15.3. The third kappa shape index (κ3) is 5.79. The predicted molar refractivity (Wildman–Crippen MR) is 172 cm³/mol. The van der Waals surface area contributed by atoms with E-state index < -0.39 is 0 Å². The molecule has 0 aliphatic rings. The second-order valence-electron chi connectivity index (χ2n) is 10.7. The zero-order chi connectivity index (χ0) is 29.9. The maximum atomic E-state index is 14.0. The quantitative estimate of drug-likeness (QED) is 0.211. The maximum Gasteiger partial charge on any atom is 0.268 e. The lowest BCUT2D eigenvalue weighted by Gasteiger charge is -2.19. The van der Waals surface area contributed by atoms with E-state index in [0.29, 0.717) is 34.0 Å². The first kappa shape index (κ1) is 28.3. The molecule has 0 bridgehead atoms. The van der Waals surface area contributed by atoms with Gasteiger partial charge < -0.3 is 5.32 Å². The Balaban J connectivity index is 1.32. The molecule has 0 spiro atoms. The summed E-state index contributed by atoms with van der Waals surface area (Å²) < 4.78 is 3.45. The minimum Gasteiger partial charge on any atom is -0.349 e. The highest BCUT2D eigenvalue weighted by atomic mass is 32.1. The second kappa shape index (κ2) is 12.2. The monoisotopic (exact) mass is 587 g/mol. The maximum absolute atomic E-state index is 14.0. The predicted octanol–water partition coefficient (Wildman–Crippen LogP) is 6.43. The van der Waals surface area contributed by atoms with Crippen LogP contribution in [0.2, 0.25) is 0 Å². The summed E-state index contributed by atoms with van der Waals surface area (Å²) in [6, 6.07) is 30.0. The summed E-state index contributed by atoms with van der Waals surface area (Å²) in [5.41, 5.74) is 7.28. The summed E-state index contributed by atoms with van der Waals surface area (Å²) in [7, 11) is 0. The smallest absolute Gasteiger partial charge is 0.268 e. The van der Waals surface area contributed by atoms with Gasteiger partial charge in [-0.1, -0.05) is 85.8 Å². The molecule has 1 amide bonds. The molecule has 0 aliphatic carbocycles. The van der Waals surface area contributed by atoms with E-state index in [-0.39, 0.29) is 23.9 Å². The summed E-state index contributed by atoms with van der Waals surface area (Å²) in [6.07, 6.45) is 1.59. The highest BCUT2D eigenvalue weighted by Gasteiger charge is 2.22. The fourth-order valence-electron chi connectivity index (χ4n) is 5.58. The van der Waals surface area contributed by atoms with E-state index >= 15 is 0 Å². The largest absolute Gasteiger partial charge is 0.349 e. The zero-order valence-electron chi connectivity index (χ0n) is 24.4. The summed E-state index contributed by atoms with van der Waals surface area (Å²) >= 11 is 1.36. The number of fused-ring (bicyclic) bond motifs is 1.